The molecule has 118 valence electrons. The second-order valence-electron chi connectivity index (χ2n) is 6.03. The quantitative estimate of drug-likeness (QED) is 0.634. The van der Waals surface area contributed by atoms with Crippen molar-refractivity contribution in [2.75, 3.05) is 6.61 Å². The highest BCUT2D eigenvalue weighted by molar-refractivity contribution is 6.06. The zero-order chi connectivity index (χ0) is 16.1. The highest BCUT2D eigenvalue weighted by Crippen LogP contribution is 2.42. The molecule has 1 aromatic carbocycles. The number of amidine groups is 1. The van der Waals surface area contributed by atoms with Crippen molar-refractivity contribution in [2.45, 2.75) is 32.7 Å². The van der Waals surface area contributed by atoms with Crippen molar-refractivity contribution in [1.82, 2.24) is 10.2 Å². The van der Waals surface area contributed by atoms with E-state index in [0.29, 0.717) is 19.4 Å². The number of aryl methyl sites for hydroxylation is 1. The van der Waals surface area contributed by atoms with Gasteiger partial charge in [0.05, 0.1) is 11.4 Å². The summed E-state index contributed by atoms with van der Waals surface area (Å²) in [5.74, 6) is 1.13. The molecule has 3 aliphatic rings. The van der Waals surface area contributed by atoms with Crippen LogP contribution in [0.4, 0.5) is 5.69 Å². The Morgan fingerprint density at radius 1 is 1.30 bits per heavy atom. The molecule has 6 heteroatoms. The molecule has 1 unspecified atom stereocenters. The van der Waals surface area contributed by atoms with Crippen molar-refractivity contribution in [1.29, 1.82) is 0 Å². The first kappa shape index (κ1) is 14.0. The van der Waals surface area contributed by atoms with Gasteiger partial charge in [0.15, 0.2) is 5.76 Å². The zero-order valence-electron chi connectivity index (χ0n) is 13.0. The number of para-hydroxylation sites is 1. The molecule has 0 bridgehead atoms. The van der Waals surface area contributed by atoms with E-state index < -0.39 is 6.04 Å². The van der Waals surface area contributed by atoms with E-state index in [1.54, 1.807) is 0 Å². The molecule has 2 saturated heterocycles. The second kappa shape index (κ2) is 4.94. The summed E-state index contributed by atoms with van der Waals surface area (Å²) in [7, 11) is 0. The topological polar surface area (TPSA) is 74.3 Å². The first-order valence-electron chi connectivity index (χ1n) is 7.70. The van der Waals surface area contributed by atoms with Crippen LogP contribution in [0.5, 0.6) is 0 Å². The van der Waals surface area contributed by atoms with Crippen molar-refractivity contribution in [2.24, 2.45) is 4.99 Å². The number of benzene rings is 1. The molecule has 1 atom stereocenters. The van der Waals surface area contributed by atoms with Gasteiger partial charge in [-0.25, -0.2) is 4.99 Å². The fourth-order valence-electron chi connectivity index (χ4n) is 3.27. The van der Waals surface area contributed by atoms with Gasteiger partial charge in [-0.1, -0.05) is 18.2 Å². The van der Waals surface area contributed by atoms with Crippen molar-refractivity contribution in [3.05, 3.63) is 35.1 Å². The van der Waals surface area contributed by atoms with E-state index in [9.17, 15) is 9.59 Å². The zero-order valence-corrected chi connectivity index (χ0v) is 13.0. The molecule has 6 nitrogen and oxygen atoms in total. The van der Waals surface area contributed by atoms with Crippen molar-refractivity contribution >= 4 is 29.0 Å². The molecule has 1 N–H and O–H groups in total. The molecule has 0 saturated carbocycles. The number of rotatable bonds is 1. The molecule has 4 rings (SSSR count). The van der Waals surface area contributed by atoms with Gasteiger partial charge >= 0.3 is 0 Å². The summed E-state index contributed by atoms with van der Waals surface area (Å²) < 4.78 is 5.45. The Kier molecular flexibility index (Phi) is 3.01. The summed E-state index contributed by atoms with van der Waals surface area (Å²) in [6, 6.07) is 5.57. The van der Waals surface area contributed by atoms with Crippen molar-refractivity contribution in [3.63, 3.8) is 0 Å². The third kappa shape index (κ3) is 2.21. The monoisotopic (exact) mass is 311 g/mol. The maximum atomic E-state index is 12.3. The van der Waals surface area contributed by atoms with Crippen LogP contribution in [0.3, 0.4) is 0 Å². The number of aliphatic imine (C=N–C) groups is 1. The Hall–Kier alpha value is -2.63. The minimum absolute atomic E-state index is 0.217. The SMILES string of the molecule is CC1=Nc2c(C)cccc2/C(=C2/CO2)N1C1CCC(=O)NC1=O. The molecule has 3 aliphatic heterocycles. The Labute approximate surface area is 133 Å². The molecule has 23 heavy (non-hydrogen) atoms. The molecular formula is C17H17N3O3. The van der Waals surface area contributed by atoms with Gasteiger partial charge < -0.3 is 9.64 Å². The number of fused-ring (bicyclic) bond motifs is 1. The molecule has 0 spiro atoms. The summed E-state index contributed by atoms with van der Waals surface area (Å²) in [5.41, 5.74) is 3.90. The third-order valence-electron chi connectivity index (χ3n) is 4.43. The van der Waals surface area contributed by atoms with Gasteiger partial charge in [-0.15, -0.1) is 0 Å². The predicted molar refractivity (Wildman–Crippen MR) is 84.8 cm³/mol. The highest BCUT2D eigenvalue weighted by Gasteiger charge is 2.40. The van der Waals surface area contributed by atoms with E-state index in [2.05, 4.69) is 5.32 Å². The van der Waals surface area contributed by atoms with Crippen LogP contribution in [0.15, 0.2) is 29.0 Å². The summed E-state index contributed by atoms with van der Waals surface area (Å²) >= 11 is 0. The smallest absolute Gasteiger partial charge is 0.249 e. The summed E-state index contributed by atoms with van der Waals surface area (Å²) in [6.45, 7) is 4.48. The molecular weight excluding hydrogens is 294 g/mol. The van der Waals surface area contributed by atoms with Crippen LogP contribution >= 0.6 is 0 Å². The molecule has 0 radical (unpaired) electrons. The number of imide groups is 1. The van der Waals surface area contributed by atoms with E-state index in [4.69, 9.17) is 9.73 Å². The number of carbonyl (C=O) groups is 2. The number of piperidine rings is 1. The number of hydrogen-bond donors (Lipinski definition) is 1. The average molecular weight is 311 g/mol. The lowest BCUT2D eigenvalue weighted by Crippen LogP contribution is -2.53. The van der Waals surface area contributed by atoms with Gasteiger partial charge in [-0.05, 0) is 25.8 Å². The summed E-state index contributed by atoms with van der Waals surface area (Å²) in [5, 5.41) is 2.42. The van der Waals surface area contributed by atoms with Gasteiger partial charge in [0.2, 0.25) is 11.8 Å². The Morgan fingerprint density at radius 3 is 2.78 bits per heavy atom. The van der Waals surface area contributed by atoms with Crippen LogP contribution in [-0.2, 0) is 14.3 Å². The maximum Gasteiger partial charge on any atom is 0.249 e. The van der Waals surface area contributed by atoms with Gasteiger partial charge in [0.25, 0.3) is 0 Å². The molecule has 0 aromatic heterocycles. The summed E-state index contributed by atoms with van der Waals surface area (Å²) in [4.78, 5) is 30.4. The lowest BCUT2D eigenvalue weighted by molar-refractivity contribution is -0.135. The minimum Gasteiger partial charge on any atom is -0.484 e. The first-order chi connectivity index (χ1) is 11.1. The van der Waals surface area contributed by atoms with Gasteiger partial charge in [-0.2, -0.15) is 0 Å². The van der Waals surface area contributed by atoms with E-state index in [1.807, 2.05) is 36.9 Å². The molecule has 3 heterocycles. The molecule has 2 fully saturated rings. The highest BCUT2D eigenvalue weighted by atomic mass is 16.6. The second-order valence-corrected chi connectivity index (χ2v) is 6.03. The lowest BCUT2D eigenvalue weighted by atomic mass is 9.97. The van der Waals surface area contributed by atoms with Crippen LogP contribution in [0.1, 0.15) is 30.9 Å². The van der Waals surface area contributed by atoms with Crippen LogP contribution in [0, 0.1) is 6.92 Å². The number of hydrogen-bond acceptors (Lipinski definition) is 5. The first-order valence-corrected chi connectivity index (χ1v) is 7.70. The molecule has 1 aromatic rings. The van der Waals surface area contributed by atoms with E-state index >= 15 is 0 Å². The lowest BCUT2D eigenvalue weighted by Gasteiger charge is -2.38. The summed E-state index contributed by atoms with van der Waals surface area (Å²) in [6.07, 6.45) is 0.819. The van der Waals surface area contributed by atoms with Gasteiger partial charge in [0.1, 0.15) is 18.5 Å². The Morgan fingerprint density at radius 2 is 2.09 bits per heavy atom. The largest absolute Gasteiger partial charge is 0.484 e. The predicted octanol–water partition coefficient (Wildman–Crippen LogP) is 1.86. The molecule has 0 aliphatic carbocycles. The van der Waals surface area contributed by atoms with Crippen LogP contribution in [-0.4, -0.2) is 35.2 Å². The van der Waals surface area contributed by atoms with Gasteiger partial charge in [0, 0.05) is 12.0 Å². The normalized spacial score (nSPS) is 26.3. The van der Waals surface area contributed by atoms with Crippen LogP contribution in [0.2, 0.25) is 0 Å². The maximum absolute atomic E-state index is 12.3. The number of amides is 2. The van der Waals surface area contributed by atoms with Crippen molar-refractivity contribution < 1.29 is 14.3 Å². The standard InChI is InChI=1S/C17H17N3O3/c1-9-4-3-5-11-15(9)18-10(2)20(16(11)13-8-23-13)12-6-7-14(21)19-17(12)22/h3-5,12H,6-8H2,1-2H3,(H,19,21,22)/b16-13+. The number of carbonyl (C=O) groups excluding carboxylic acids is 2. The number of ether oxygens (including phenoxy) is 1. The number of nitrogens with zero attached hydrogens (tertiary/aromatic N) is 2. The number of epoxide rings is 1. The van der Waals surface area contributed by atoms with Crippen LogP contribution < -0.4 is 5.32 Å². The Balaban J connectivity index is 1.84. The van der Waals surface area contributed by atoms with E-state index in [1.165, 1.54) is 0 Å². The van der Waals surface area contributed by atoms with E-state index in [-0.39, 0.29) is 11.8 Å². The Bertz CT molecular complexity index is 788. The fourth-order valence-corrected chi connectivity index (χ4v) is 3.27. The average Bonchev–Trinajstić information content (AvgIpc) is 3.32. The van der Waals surface area contributed by atoms with Crippen molar-refractivity contribution in [3.8, 4) is 0 Å². The third-order valence-corrected chi connectivity index (χ3v) is 4.43. The minimum atomic E-state index is -0.434. The number of nitrogens with one attached hydrogen (secondary N) is 1. The van der Waals surface area contributed by atoms with Crippen LogP contribution in [0.25, 0.3) is 5.70 Å². The van der Waals surface area contributed by atoms with Gasteiger partial charge in [-0.3, -0.25) is 14.9 Å². The fraction of sp³-hybridized carbons (Fsp3) is 0.353. The van der Waals surface area contributed by atoms with E-state index in [0.717, 1.165) is 34.1 Å². The molecule has 2 amide bonds.